The quantitative estimate of drug-likeness (QED) is 0.680. The van der Waals surface area contributed by atoms with Crippen molar-refractivity contribution in [3.63, 3.8) is 0 Å². The third kappa shape index (κ3) is 2.72. The van der Waals surface area contributed by atoms with E-state index in [2.05, 4.69) is 15.3 Å². The molecule has 0 fully saturated rings. The van der Waals surface area contributed by atoms with Crippen LogP contribution in [-0.2, 0) is 0 Å². The first-order chi connectivity index (χ1) is 8.56. The van der Waals surface area contributed by atoms with E-state index in [1.807, 2.05) is 6.92 Å². The summed E-state index contributed by atoms with van der Waals surface area (Å²) in [6.45, 7) is 1.84. The molecule has 2 rings (SSSR count). The third-order valence-electron chi connectivity index (χ3n) is 2.30. The van der Waals surface area contributed by atoms with Crippen molar-refractivity contribution in [2.75, 3.05) is 5.32 Å². The Bertz CT molecular complexity index is 603. The molecule has 92 valence electrons. The van der Waals surface area contributed by atoms with Crippen molar-refractivity contribution in [2.45, 2.75) is 6.92 Å². The van der Waals surface area contributed by atoms with E-state index < -0.39 is 4.92 Å². The molecule has 0 radical (unpaired) electrons. The van der Waals surface area contributed by atoms with E-state index in [1.54, 1.807) is 6.07 Å². The fraction of sp³-hybridized carbons (Fsp3) is 0.0909. The van der Waals surface area contributed by atoms with Gasteiger partial charge in [-0.25, -0.2) is 4.98 Å². The molecule has 0 atom stereocenters. The van der Waals surface area contributed by atoms with Gasteiger partial charge in [0.05, 0.1) is 17.3 Å². The molecule has 2 aromatic rings. The molecule has 0 aliphatic carbocycles. The highest BCUT2D eigenvalue weighted by Gasteiger charge is 2.09. The SMILES string of the molecule is Cc1ccc([N+](=O)[O-])cc1Nc1cncc(Cl)n1. The van der Waals surface area contributed by atoms with Crippen LogP contribution in [0, 0.1) is 17.0 Å². The summed E-state index contributed by atoms with van der Waals surface area (Å²) in [5.74, 6) is 0.436. The molecule has 1 N–H and O–H groups in total. The lowest BCUT2D eigenvalue weighted by atomic mass is 10.2. The van der Waals surface area contributed by atoms with Crippen LogP contribution in [0.2, 0.25) is 5.15 Å². The van der Waals surface area contributed by atoms with Crippen LogP contribution < -0.4 is 5.32 Å². The first-order valence-corrected chi connectivity index (χ1v) is 5.43. The van der Waals surface area contributed by atoms with E-state index in [9.17, 15) is 10.1 Å². The monoisotopic (exact) mass is 264 g/mol. The number of rotatable bonds is 3. The standard InChI is InChI=1S/C11H9ClN4O2/c1-7-2-3-8(16(17)18)4-9(7)14-11-6-13-5-10(12)15-11/h2-6H,1H3,(H,14,15). The van der Waals surface area contributed by atoms with E-state index in [4.69, 9.17) is 11.6 Å². The van der Waals surface area contributed by atoms with Crippen molar-refractivity contribution in [3.05, 3.63) is 51.4 Å². The second-order valence-electron chi connectivity index (χ2n) is 3.61. The van der Waals surface area contributed by atoms with Gasteiger partial charge in [-0.2, -0.15) is 0 Å². The molecule has 0 aliphatic heterocycles. The summed E-state index contributed by atoms with van der Waals surface area (Å²) in [5, 5.41) is 13.9. The average molecular weight is 265 g/mol. The van der Waals surface area contributed by atoms with Crippen molar-refractivity contribution in [3.8, 4) is 0 Å². The summed E-state index contributed by atoms with van der Waals surface area (Å²) >= 11 is 5.71. The third-order valence-corrected chi connectivity index (χ3v) is 2.48. The number of non-ortho nitro benzene ring substituents is 1. The van der Waals surface area contributed by atoms with Gasteiger partial charge < -0.3 is 5.32 Å². The molecule has 7 heteroatoms. The number of nitro groups is 1. The lowest BCUT2D eigenvalue weighted by Crippen LogP contribution is -1.98. The van der Waals surface area contributed by atoms with Crippen molar-refractivity contribution >= 4 is 28.8 Å². The fourth-order valence-corrected chi connectivity index (χ4v) is 1.55. The molecule has 0 bridgehead atoms. The summed E-state index contributed by atoms with van der Waals surface area (Å²) in [5.41, 5.74) is 1.47. The minimum atomic E-state index is -0.450. The number of anilines is 2. The smallest absolute Gasteiger partial charge is 0.271 e. The lowest BCUT2D eigenvalue weighted by molar-refractivity contribution is -0.384. The number of halogens is 1. The predicted octanol–water partition coefficient (Wildman–Crippen LogP) is 3.09. The van der Waals surface area contributed by atoms with Crippen LogP contribution in [0.1, 0.15) is 5.56 Å². The highest BCUT2D eigenvalue weighted by atomic mass is 35.5. The summed E-state index contributed by atoms with van der Waals surface area (Å²) in [4.78, 5) is 18.1. The molecule has 0 unspecified atom stereocenters. The molecule has 1 aromatic heterocycles. The predicted molar refractivity (Wildman–Crippen MR) is 68.2 cm³/mol. The van der Waals surface area contributed by atoms with E-state index in [0.29, 0.717) is 11.5 Å². The number of aromatic nitrogens is 2. The summed E-state index contributed by atoms with van der Waals surface area (Å²) in [6.07, 6.45) is 2.90. The molecule has 6 nitrogen and oxygen atoms in total. The van der Waals surface area contributed by atoms with Crippen LogP contribution >= 0.6 is 11.6 Å². The Hall–Kier alpha value is -2.21. The zero-order chi connectivity index (χ0) is 13.1. The Morgan fingerprint density at radius 3 is 2.83 bits per heavy atom. The summed E-state index contributed by atoms with van der Waals surface area (Å²) in [6, 6.07) is 4.56. The zero-order valence-electron chi connectivity index (χ0n) is 9.42. The van der Waals surface area contributed by atoms with Gasteiger partial charge >= 0.3 is 0 Å². The molecule has 0 aliphatic rings. The van der Waals surface area contributed by atoms with E-state index in [0.717, 1.165) is 5.56 Å². The van der Waals surface area contributed by atoms with Gasteiger partial charge in [0.15, 0.2) is 5.82 Å². The number of benzene rings is 1. The van der Waals surface area contributed by atoms with E-state index >= 15 is 0 Å². The molecule has 0 saturated carbocycles. The zero-order valence-corrected chi connectivity index (χ0v) is 10.2. The van der Waals surface area contributed by atoms with Gasteiger partial charge in [-0.05, 0) is 12.5 Å². The molecule has 0 spiro atoms. The Morgan fingerprint density at radius 2 is 2.17 bits per heavy atom. The Balaban J connectivity index is 2.33. The van der Waals surface area contributed by atoms with Crippen molar-refractivity contribution in [2.24, 2.45) is 0 Å². The van der Waals surface area contributed by atoms with E-state index in [1.165, 1.54) is 24.5 Å². The largest absolute Gasteiger partial charge is 0.338 e. The fourth-order valence-electron chi connectivity index (χ4n) is 1.40. The number of hydrogen-bond acceptors (Lipinski definition) is 5. The van der Waals surface area contributed by atoms with Crippen LogP contribution in [-0.4, -0.2) is 14.9 Å². The topological polar surface area (TPSA) is 81.0 Å². The van der Waals surface area contributed by atoms with Crippen LogP contribution in [0.3, 0.4) is 0 Å². The molecule has 0 saturated heterocycles. The number of nitro benzene ring substituents is 1. The molecular weight excluding hydrogens is 256 g/mol. The maximum absolute atomic E-state index is 10.7. The molecule has 1 heterocycles. The van der Waals surface area contributed by atoms with Gasteiger partial charge in [-0.15, -0.1) is 0 Å². The van der Waals surface area contributed by atoms with Crippen molar-refractivity contribution in [1.29, 1.82) is 0 Å². The van der Waals surface area contributed by atoms with E-state index in [-0.39, 0.29) is 10.8 Å². The van der Waals surface area contributed by atoms with Crippen LogP contribution in [0.25, 0.3) is 0 Å². The van der Waals surface area contributed by atoms with Gasteiger partial charge in [-0.1, -0.05) is 17.7 Å². The Morgan fingerprint density at radius 1 is 1.39 bits per heavy atom. The van der Waals surface area contributed by atoms with Crippen LogP contribution in [0.4, 0.5) is 17.2 Å². The van der Waals surface area contributed by atoms with Gasteiger partial charge in [0.2, 0.25) is 0 Å². The van der Waals surface area contributed by atoms with Crippen LogP contribution in [0.15, 0.2) is 30.6 Å². The maximum Gasteiger partial charge on any atom is 0.271 e. The normalized spacial score (nSPS) is 10.1. The second kappa shape index (κ2) is 4.97. The van der Waals surface area contributed by atoms with Crippen molar-refractivity contribution < 1.29 is 4.92 Å². The highest BCUT2D eigenvalue weighted by molar-refractivity contribution is 6.29. The van der Waals surface area contributed by atoms with Gasteiger partial charge in [0.25, 0.3) is 5.69 Å². The number of aryl methyl sites for hydroxylation is 1. The van der Waals surface area contributed by atoms with Gasteiger partial charge in [0, 0.05) is 17.8 Å². The minimum Gasteiger partial charge on any atom is -0.338 e. The summed E-state index contributed by atoms with van der Waals surface area (Å²) in [7, 11) is 0. The average Bonchev–Trinajstić information content (AvgIpc) is 2.31. The van der Waals surface area contributed by atoms with Gasteiger partial charge in [-0.3, -0.25) is 15.1 Å². The van der Waals surface area contributed by atoms with Crippen molar-refractivity contribution in [1.82, 2.24) is 9.97 Å². The number of nitrogens with one attached hydrogen (secondary N) is 1. The Labute approximate surface area is 108 Å². The molecule has 1 aromatic carbocycles. The van der Waals surface area contributed by atoms with Crippen LogP contribution in [0.5, 0.6) is 0 Å². The molecule has 0 amide bonds. The molecular formula is C11H9ClN4O2. The maximum atomic E-state index is 10.7. The lowest BCUT2D eigenvalue weighted by Gasteiger charge is -2.08. The highest BCUT2D eigenvalue weighted by Crippen LogP contribution is 2.24. The first-order valence-electron chi connectivity index (χ1n) is 5.06. The number of nitrogens with zero attached hydrogens (tertiary/aromatic N) is 3. The first kappa shape index (κ1) is 12.3. The Kier molecular flexibility index (Phi) is 3.38. The number of hydrogen-bond donors (Lipinski definition) is 1. The minimum absolute atomic E-state index is 0.0121. The second-order valence-corrected chi connectivity index (χ2v) is 4.00. The summed E-state index contributed by atoms with van der Waals surface area (Å²) < 4.78 is 0. The molecule has 18 heavy (non-hydrogen) atoms. The van der Waals surface area contributed by atoms with Gasteiger partial charge in [0.1, 0.15) is 5.15 Å².